The van der Waals surface area contributed by atoms with Crippen molar-refractivity contribution in [3.63, 3.8) is 0 Å². The van der Waals surface area contributed by atoms with Gasteiger partial charge in [-0.25, -0.2) is 0 Å². The zero-order chi connectivity index (χ0) is 14.6. The molecule has 112 valence electrons. The maximum Gasteiger partial charge on any atom is 0.161 e. The van der Waals surface area contributed by atoms with Crippen molar-refractivity contribution in [1.29, 1.82) is 0 Å². The topological polar surface area (TPSA) is 44.5 Å². The average Bonchev–Trinajstić information content (AvgIpc) is 2.89. The Hall–Kier alpha value is -1.22. The molecule has 1 saturated carbocycles. The quantitative estimate of drug-likeness (QED) is 0.852. The normalized spacial score (nSPS) is 18.8. The molecule has 20 heavy (non-hydrogen) atoms. The van der Waals surface area contributed by atoms with Gasteiger partial charge in [-0.05, 0) is 49.8 Å². The van der Waals surface area contributed by atoms with Crippen LogP contribution in [-0.4, -0.2) is 13.2 Å². The van der Waals surface area contributed by atoms with Crippen LogP contribution in [0.2, 0.25) is 0 Å². The third-order valence-corrected chi connectivity index (χ3v) is 4.42. The number of rotatable bonds is 6. The number of nitrogens with two attached hydrogens (primary N) is 1. The van der Waals surface area contributed by atoms with Crippen LogP contribution in [0.3, 0.4) is 0 Å². The molecule has 1 unspecified atom stereocenters. The van der Waals surface area contributed by atoms with Crippen LogP contribution < -0.4 is 15.2 Å². The molecule has 2 rings (SSSR count). The summed E-state index contributed by atoms with van der Waals surface area (Å²) < 4.78 is 11.3. The molecule has 0 saturated heterocycles. The van der Waals surface area contributed by atoms with Gasteiger partial charge in [0.1, 0.15) is 0 Å². The van der Waals surface area contributed by atoms with E-state index in [1.165, 1.54) is 25.7 Å². The van der Waals surface area contributed by atoms with E-state index in [4.69, 9.17) is 15.2 Å². The fourth-order valence-corrected chi connectivity index (χ4v) is 3.16. The number of ether oxygens (including phenoxy) is 2. The minimum atomic E-state index is 0.0693. The van der Waals surface area contributed by atoms with Crippen LogP contribution in [0.25, 0.3) is 0 Å². The van der Waals surface area contributed by atoms with Gasteiger partial charge in [0.25, 0.3) is 0 Å². The second kappa shape index (κ2) is 6.49. The summed E-state index contributed by atoms with van der Waals surface area (Å²) in [6, 6.07) is 6.20. The SMILES string of the molecule is CCOc1ccc(C(N)C2(C)CCCC2)cc1OCC. The Morgan fingerprint density at radius 3 is 2.30 bits per heavy atom. The van der Waals surface area contributed by atoms with Crippen LogP contribution in [0.15, 0.2) is 18.2 Å². The molecular weight excluding hydrogens is 250 g/mol. The van der Waals surface area contributed by atoms with E-state index in [1.807, 2.05) is 19.9 Å². The Bertz CT molecular complexity index is 439. The van der Waals surface area contributed by atoms with E-state index in [2.05, 4.69) is 19.1 Å². The lowest BCUT2D eigenvalue weighted by Gasteiger charge is -2.31. The molecule has 2 N–H and O–H groups in total. The molecule has 0 radical (unpaired) electrons. The monoisotopic (exact) mass is 277 g/mol. The van der Waals surface area contributed by atoms with Gasteiger partial charge in [-0.1, -0.05) is 25.8 Å². The Balaban J connectivity index is 2.25. The van der Waals surface area contributed by atoms with Gasteiger partial charge < -0.3 is 15.2 Å². The largest absolute Gasteiger partial charge is 0.490 e. The first-order valence-electron chi connectivity index (χ1n) is 7.76. The summed E-state index contributed by atoms with van der Waals surface area (Å²) in [6.45, 7) is 7.55. The van der Waals surface area contributed by atoms with Crippen LogP contribution in [0, 0.1) is 5.41 Å². The summed E-state index contributed by atoms with van der Waals surface area (Å²) in [7, 11) is 0. The Labute approximate surface area is 122 Å². The standard InChI is InChI=1S/C17H27NO2/c1-4-19-14-9-8-13(12-15(14)20-5-2)16(18)17(3)10-6-7-11-17/h8-9,12,16H,4-7,10-11,18H2,1-3H3. The molecule has 1 aromatic rings. The molecule has 0 amide bonds. The summed E-state index contributed by atoms with van der Waals surface area (Å²) >= 11 is 0. The molecule has 0 aliphatic heterocycles. The third-order valence-electron chi connectivity index (χ3n) is 4.42. The maximum atomic E-state index is 6.53. The van der Waals surface area contributed by atoms with Crippen molar-refractivity contribution in [2.45, 2.75) is 52.5 Å². The molecule has 0 spiro atoms. The van der Waals surface area contributed by atoms with Gasteiger partial charge in [0.05, 0.1) is 13.2 Å². The maximum absolute atomic E-state index is 6.53. The fraction of sp³-hybridized carbons (Fsp3) is 0.647. The first kappa shape index (κ1) is 15.2. The average molecular weight is 277 g/mol. The summed E-state index contributed by atoms with van der Waals surface area (Å²) in [4.78, 5) is 0. The van der Waals surface area contributed by atoms with E-state index in [0.717, 1.165) is 17.1 Å². The van der Waals surface area contributed by atoms with Crippen molar-refractivity contribution >= 4 is 0 Å². The molecule has 1 aliphatic carbocycles. The second-order valence-electron chi connectivity index (χ2n) is 5.91. The van der Waals surface area contributed by atoms with Gasteiger partial charge in [-0.3, -0.25) is 0 Å². The van der Waals surface area contributed by atoms with Gasteiger partial charge in [0.15, 0.2) is 11.5 Å². The van der Waals surface area contributed by atoms with E-state index in [0.29, 0.717) is 13.2 Å². The summed E-state index contributed by atoms with van der Waals surface area (Å²) in [5, 5.41) is 0. The molecule has 1 aromatic carbocycles. The van der Waals surface area contributed by atoms with Crippen LogP contribution in [0.1, 0.15) is 58.1 Å². The predicted molar refractivity (Wildman–Crippen MR) is 82.3 cm³/mol. The highest BCUT2D eigenvalue weighted by molar-refractivity contribution is 5.44. The van der Waals surface area contributed by atoms with Gasteiger partial charge >= 0.3 is 0 Å². The van der Waals surface area contributed by atoms with Crippen molar-refractivity contribution in [2.75, 3.05) is 13.2 Å². The lowest BCUT2D eigenvalue weighted by atomic mass is 9.78. The molecule has 1 aliphatic rings. The number of benzene rings is 1. The lowest BCUT2D eigenvalue weighted by Crippen LogP contribution is -2.29. The van der Waals surface area contributed by atoms with Gasteiger partial charge in [0, 0.05) is 6.04 Å². The summed E-state index contributed by atoms with van der Waals surface area (Å²) in [5.41, 5.74) is 7.90. The molecular formula is C17H27NO2. The Morgan fingerprint density at radius 2 is 1.70 bits per heavy atom. The molecule has 3 nitrogen and oxygen atoms in total. The first-order chi connectivity index (χ1) is 9.60. The zero-order valence-corrected chi connectivity index (χ0v) is 12.9. The fourth-order valence-electron chi connectivity index (χ4n) is 3.16. The van der Waals surface area contributed by atoms with Crippen LogP contribution >= 0.6 is 0 Å². The number of hydrogen-bond donors (Lipinski definition) is 1. The highest BCUT2D eigenvalue weighted by atomic mass is 16.5. The predicted octanol–water partition coefficient (Wildman–Crippen LogP) is 4.06. The van der Waals surface area contributed by atoms with Crippen molar-refractivity contribution in [3.8, 4) is 11.5 Å². The Morgan fingerprint density at radius 1 is 1.10 bits per heavy atom. The first-order valence-corrected chi connectivity index (χ1v) is 7.76. The van der Waals surface area contributed by atoms with E-state index in [-0.39, 0.29) is 11.5 Å². The molecule has 0 heterocycles. The lowest BCUT2D eigenvalue weighted by molar-refractivity contribution is 0.261. The minimum Gasteiger partial charge on any atom is -0.490 e. The van der Waals surface area contributed by atoms with E-state index in [1.54, 1.807) is 0 Å². The Kier molecular flexibility index (Phi) is 4.92. The molecule has 1 fully saturated rings. The van der Waals surface area contributed by atoms with Gasteiger partial charge in [-0.2, -0.15) is 0 Å². The highest BCUT2D eigenvalue weighted by Crippen LogP contribution is 2.46. The molecule has 0 aromatic heterocycles. The zero-order valence-electron chi connectivity index (χ0n) is 12.9. The van der Waals surface area contributed by atoms with E-state index < -0.39 is 0 Å². The second-order valence-corrected chi connectivity index (χ2v) is 5.91. The smallest absolute Gasteiger partial charge is 0.161 e. The van der Waals surface area contributed by atoms with Crippen molar-refractivity contribution in [3.05, 3.63) is 23.8 Å². The van der Waals surface area contributed by atoms with Crippen molar-refractivity contribution < 1.29 is 9.47 Å². The molecule has 3 heteroatoms. The van der Waals surface area contributed by atoms with Gasteiger partial charge in [0.2, 0.25) is 0 Å². The highest BCUT2D eigenvalue weighted by Gasteiger charge is 2.35. The van der Waals surface area contributed by atoms with Crippen LogP contribution in [0.5, 0.6) is 11.5 Å². The minimum absolute atomic E-state index is 0.0693. The summed E-state index contributed by atoms with van der Waals surface area (Å²) in [5.74, 6) is 1.62. The van der Waals surface area contributed by atoms with Gasteiger partial charge in [-0.15, -0.1) is 0 Å². The van der Waals surface area contributed by atoms with Crippen LogP contribution in [0.4, 0.5) is 0 Å². The third kappa shape index (κ3) is 3.09. The van der Waals surface area contributed by atoms with E-state index in [9.17, 15) is 0 Å². The van der Waals surface area contributed by atoms with Crippen LogP contribution in [-0.2, 0) is 0 Å². The molecule has 0 bridgehead atoms. The van der Waals surface area contributed by atoms with Crippen molar-refractivity contribution in [1.82, 2.24) is 0 Å². The van der Waals surface area contributed by atoms with E-state index >= 15 is 0 Å². The molecule has 1 atom stereocenters. The number of hydrogen-bond acceptors (Lipinski definition) is 3. The summed E-state index contributed by atoms with van der Waals surface area (Å²) in [6.07, 6.45) is 5.01. The van der Waals surface area contributed by atoms with Crippen molar-refractivity contribution in [2.24, 2.45) is 11.1 Å².